The molecule has 0 amide bonds. The lowest BCUT2D eigenvalue weighted by Gasteiger charge is -2.24. The molecule has 2 aromatic rings. The fraction of sp³-hybridized carbons (Fsp3) is 0.385. The average Bonchev–Trinajstić information content (AvgIpc) is 2.92. The van der Waals surface area contributed by atoms with E-state index in [9.17, 15) is 18.7 Å². The van der Waals surface area contributed by atoms with E-state index in [1.807, 2.05) is 0 Å². The maximum absolute atomic E-state index is 14.2. The van der Waals surface area contributed by atoms with Crippen molar-refractivity contribution < 1.29 is 18.7 Å². The summed E-state index contributed by atoms with van der Waals surface area (Å²) >= 11 is 0. The van der Waals surface area contributed by atoms with Gasteiger partial charge in [-0.15, -0.1) is 5.10 Å². The molecule has 0 aliphatic rings. The predicted molar refractivity (Wildman–Crippen MR) is 69.5 cm³/mol. The lowest BCUT2D eigenvalue weighted by Crippen LogP contribution is -2.39. The molecule has 1 unspecified atom stereocenters. The van der Waals surface area contributed by atoms with Gasteiger partial charge in [0.05, 0.1) is 5.56 Å². The fourth-order valence-electron chi connectivity index (χ4n) is 1.93. The van der Waals surface area contributed by atoms with Gasteiger partial charge in [-0.25, -0.2) is 18.3 Å². The number of aliphatic carboxylic acids is 1. The summed E-state index contributed by atoms with van der Waals surface area (Å²) in [6.45, 7) is 4.49. The Hall–Kier alpha value is -2.38. The smallest absolute Gasteiger partial charge is 0.331 e. The van der Waals surface area contributed by atoms with E-state index in [2.05, 4.69) is 15.5 Å². The van der Waals surface area contributed by atoms with Crippen LogP contribution in [0.1, 0.15) is 25.8 Å². The number of aryl methyl sites for hydroxylation is 1. The van der Waals surface area contributed by atoms with Gasteiger partial charge in [0, 0.05) is 0 Å². The number of aromatic nitrogens is 4. The number of halogens is 2. The average molecular weight is 296 g/mol. The minimum Gasteiger partial charge on any atom is -0.479 e. The lowest BCUT2D eigenvalue weighted by molar-refractivity contribution is -0.147. The Labute approximate surface area is 119 Å². The highest BCUT2D eigenvalue weighted by Gasteiger charge is 2.38. The minimum absolute atomic E-state index is 0.148. The molecule has 0 spiro atoms. The van der Waals surface area contributed by atoms with Crippen molar-refractivity contribution in [1.82, 2.24) is 20.2 Å². The molecular weight excluding hydrogens is 282 g/mol. The van der Waals surface area contributed by atoms with Gasteiger partial charge >= 0.3 is 5.97 Å². The van der Waals surface area contributed by atoms with Crippen molar-refractivity contribution in [2.75, 3.05) is 0 Å². The Morgan fingerprint density at radius 3 is 2.67 bits per heavy atom. The molecule has 1 aromatic heterocycles. The van der Waals surface area contributed by atoms with Gasteiger partial charge in [0.15, 0.2) is 11.4 Å². The van der Waals surface area contributed by atoms with Crippen LogP contribution >= 0.6 is 0 Å². The highest BCUT2D eigenvalue weighted by atomic mass is 19.1. The van der Waals surface area contributed by atoms with Crippen LogP contribution in [-0.4, -0.2) is 31.3 Å². The summed E-state index contributed by atoms with van der Waals surface area (Å²) in [5.41, 5.74) is -1.71. The van der Waals surface area contributed by atoms with Crippen LogP contribution in [-0.2, 0) is 10.3 Å². The van der Waals surface area contributed by atoms with Gasteiger partial charge < -0.3 is 5.11 Å². The second-order valence-electron chi connectivity index (χ2n) is 4.90. The van der Waals surface area contributed by atoms with Crippen molar-refractivity contribution in [3.05, 3.63) is 29.3 Å². The summed E-state index contributed by atoms with van der Waals surface area (Å²) < 4.78 is 29.1. The molecule has 2 rings (SSSR count). The van der Waals surface area contributed by atoms with Crippen molar-refractivity contribution in [3.63, 3.8) is 0 Å². The Kier molecular flexibility index (Phi) is 3.71. The van der Waals surface area contributed by atoms with E-state index in [1.165, 1.54) is 19.9 Å². The molecular formula is C13H14F2N4O2. The molecule has 0 aliphatic heterocycles. The summed E-state index contributed by atoms with van der Waals surface area (Å²) in [4.78, 5) is 11.5. The second kappa shape index (κ2) is 5.19. The SMILES string of the molecule is CCC(C)(C(=O)O)n1nnnc1-c1c(F)ccc(C)c1F. The quantitative estimate of drug-likeness (QED) is 0.934. The van der Waals surface area contributed by atoms with Gasteiger partial charge in [-0.3, -0.25) is 0 Å². The third-order valence-electron chi connectivity index (χ3n) is 3.59. The molecule has 1 N–H and O–H groups in total. The van der Waals surface area contributed by atoms with Crippen molar-refractivity contribution in [2.24, 2.45) is 0 Å². The molecule has 1 aromatic carbocycles. The molecule has 0 saturated heterocycles. The summed E-state index contributed by atoms with van der Waals surface area (Å²) in [6, 6.07) is 2.38. The number of carboxylic acids is 1. The third kappa shape index (κ3) is 2.26. The molecule has 1 atom stereocenters. The van der Waals surface area contributed by atoms with E-state index in [0.717, 1.165) is 10.7 Å². The van der Waals surface area contributed by atoms with Crippen LogP contribution in [0.3, 0.4) is 0 Å². The van der Waals surface area contributed by atoms with Crippen LogP contribution in [0.5, 0.6) is 0 Å². The Morgan fingerprint density at radius 2 is 2.10 bits per heavy atom. The molecule has 6 nitrogen and oxygen atoms in total. The topological polar surface area (TPSA) is 80.9 Å². The Balaban J connectivity index is 2.73. The maximum atomic E-state index is 14.2. The van der Waals surface area contributed by atoms with Crippen molar-refractivity contribution in [2.45, 2.75) is 32.7 Å². The van der Waals surface area contributed by atoms with Crippen molar-refractivity contribution in [1.29, 1.82) is 0 Å². The maximum Gasteiger partial charge on any atom is 0.331 e. The molecule has 21 heavy (non-hydrogen) atoms. The number of tetrazole rings is 1. The van der Waals surface area contributed by atoms with Crippen LogP contribution in [0, 0.1) is 18.6 Å². The molecule has 0 saturated carbocycles. The van der Waals surface area contributed by atoms with E-state index in [0.29, 0.717) is 0 Å². The molecule has 8 heteroatoms. The van der Waals surface area contributed by atoms with Gasteiger partial charge in [-0.05, 0) is 42.3 Å². The van der Waals surface area contributed by atoms with Crippen LogP contribution in [0.25, 0.3) is 11.4 Å². The van der Waals surface area contributed by atoms with Gasteiger partial charge in [0.2, 0.25) is 0 Å². The summed E-state index contributed by atoms with van der Waals surface area (Å²) in [7, 11) is 0. The summed E-state index contributed by atoms with van der Waals surface area (Å²) in [6.07, 6.45) is 0.148. The molecule has 1 heterocycles. The standard InChI is InChI=1S/C13H14F2N4O2/c1-4-13(3,12(20)21)19-11(16-17-18-19)9-8(14)6-5-7(2)10(9)15/h5-6H,4H2,1-3H3,(H,20,21). The zero-order chi connectivity index (χ0) is 15.8. The van der Waals surface area contributed by atoms with E-state index in [-0.39, 0.29) is 17.8 Å². The monoisotopic (exact) mass is 296 g/mol. The van der Waals surface area contributed by atoms with Gasteiger partial charge in [0.1, 0.15) is 11.6 Å². The van der Waals surface area contributed by atoms with E-state index in [1.54, 1.807) is 6.92 Å². The van der Waals surface area contributed by atoms with Gasteiger partial charge in [-0.2, -0.15) is 0 Å². The lowest BCUT2D eigenvalue weighted by atomic mass is 9.98. The van der Waals surface area contributed by atoms with Crippen LogP contribution in [0.15, 0.2) is 12.1 Å². The fourth-order valence-corrected chi connectivity index (χ4v) is 1.93. The predicted octanol–water partition coefficient (Wildman–Crippen LogP) is 2.14. The first-order valence-electron chi connectivity index (χ1n) is 6.30. The number of hydrogen-bond acceptors (Lipinski definition) is 4. The zero-order valence-corrected chi connectivity index (χ0v) is 11.8. The largest absolute Gasteiger partial charge is 0.479 e. The van der Waals surface area contributed by atoms with Crippen LogP contribution < -0.4 is 0 Å². The first-order chi connectivity index (χ1) is 9.82. The first kappa shape index (κ1) is 15.0. The Morgan fingerprint density at radius 1 is 1.43 bits per heavy atom. The molecule has 0 aliphatic carbocycles. The second-order valence-corrected chi connectivity index (χ2v) is 4.90. The third-order valence-corrected chi connectivity index (χ3v) is 3.59. The summed E-state index contributed by atoms with van der Waals surface area (Å²) in [5.74, 6) is -3.10. The Bertz CT molecular complexity index is 701. The number of hydrogen-bond donors (Lipinski definition) is 1. The summed E-state index contributed by atoms with van der Waals surface area (Å²) in [5, 5.41) is 20.0. The normalized spacial score (nSPS) is 14.0. The number of rotatable bonds is 4. The van der Waals surface area contributed by atoms with E-state index < -0.39 is 28.7 Å². The van der Waals surface area contributed by atoms with Crippen molar-refractivity contribution in [3.8, 4) is 11.4 Å². The van der Waals surface area contributed by atoms with E-state index in [4.69, 9.17) is 0 Å². The molecule has 0 fully saturated rings. The zero-order valence-electron chi connectivity index (χ0n) is 11.8. The number of carbonyl (C=O) groups is 1. The highest BCUT2D eigenvalue weighted by molar-refractivity contribution is 5.77. The number of nitrogens with zero attached hydrogens (tertiary/aromatic N) is 4. The molecule has 112 valence electrons. The van der Waals surface area contributed by atoms with Crippen LogP contribution in [0.4, 0.5) is 8.78 Å². The first-order valence-corrected chi connectivity index (χ1v) is 6.30. The highest BCUT2D eigenvalue weighted by Crippen LogP contribution is 2.30. The van der Waals surface area contributed by atoms with Crippen LogP contribution in [0.2, 0.25) is 0 Å². The van der Waals surface area contributed by atoms with E-state index >= 15 is 0 Å². The molecule has 0 radical (unpaired) electrons. The number of carboxylic acid groups (broad SMARTS) is 1. The van der Waals surface area contributed by atoms with Crippen molar-refractivity contribution >= 4 is 5.97 Å². The molecule has 0 bridgehead atoms. The van der Waals surface area contributed by atoms with Gasteiger partial charge in [0.25, 0.3) is 0 Å². The number of benzene rings is 1. The minimum atomic E-state index is -1.50. The van der Waals surface area contributed by atoms with Gasteiger partial charge in [-0.1, -0.05) is 13.0 Å².